The summed E-state index contributed by atoms with van der Waals surface area (Å²) in [4.78, 5) is 31.1. The summed E-state index contributed by atoms with van der Waals surface area (Å²) < 4.78 is 0. The van der Waals surface area contributed by atoms with E-state index in [1.807, 2.05) is 206 Å². The van der Waals surface area contributed by atoms with Gasteiger partial charge in [-0.15, -0.1) is 0 Å². The molecule has 344 valence electrons. The summed E-state index contributed by atoms with van der Waals surface area (Å²) in [6.45, 7) is 0. The standard InChI is InChI=1S/C72H44O2/c73-71-65(53-25-11-3-12-26-53)63(57-43-39-51(40-44-57)37-35-49-21-7-1-8-22-49)69(67(71)55-29-15-5-16-30-55)61-47-48-62(60-34-20-19-33-59(60)61)70-64(58-45-41-52(42-46-58)38-36-50-23-9-2-10-24-50)66(54-27-13-4-14-28-54)72(74)68(70)56-31-17-6-18-32-56/h1-34,39-48H. The lowest BCUT2D eigenvalue weighted by Gasteiger charge is -2.20. The van der Waals surface area contributed by atoms with E-state index in [1.54, 1.807) is 0 Å². The highest BCUT2D eigenvalue weighted by Crippen LogP contribution is 2.54. The van der Waals surface area contributed by atoms with Crippen molar-refractivity contribution in [1.82, 2.24) is 0 Å². The van der Waals surface area contributed by atoms with Crippen LogP contribution < -0.4 is 0 Å². The predicted molar refractivity (Wildman–Crippen MR) is 305 cm³/mol. The van der Waals surface area contributed by atoms with E-state index in [1.165, 1.54) is 0 Å². The van der Waals surface area contributed by atoms with E-state index in [-0.39, 0.29) is 11.6 Å². The largest absolute Gasteiger partial charge is 0.289 e. The van der Waals surface area contributed by atoms with Crippen LogP contribution in [0.3, 0.4) is 0 Å². The number of Topliss-reactive ketones (excluding diaryl/α,β-unsaturated/α-hetero) is 2. The van der Waals surface area contributed by atoms with E-state index in [2.05, 4.69) is 84.3 Å². The Balaban J connectivity index is 1.10. The van der Waals surface area contributed by atoms with Gasteiger partial charge in [0.15, 0.2) is 11.6 Å². The van der Waals surface area contributed by atoms with Crippen molar-refractivity contribution in [2.45, 2.75) is 0 Å². The van der Waals surface area contributed by atoms with E-state index in [0.29, 0.717) is 22.3 Å². The molecule has 0 bridgehead atoms. The molecular weight excluding hydrogens is 897 g/mol. The first-order valence-electron chi connectivity index (χ1n) is 24.8. The van der Waals surface area contributed by atoms with Gasteiger partial charge < -0.3 is 0 Å². The van der Waals surface area contributed by atoms with Gasteiger partial charge in [-0.1, -0.05) is 242 Å². The van der Waals surface area contributed by atoms with E-state index in [0.717, 1.165) is 99.8 Å². The minimum absolute atomic E-state index is 0.0430. The third-order valence-electron chi connectivity index (χ3n) is 13.7. The van der Waals surface area contributed by atoms with E-state index < -0.39 is 0 Å². The Labute approximate surface area is 431 Å². The number of allylic oxidation sites excluding steroid dienone is 8. The van der Waals surface area contributed by atoms with Gasteiger partial charge in [-0.05, 0) is 104 Å². The van der Waals surface area contributed by atoms with Gasteiger partial charge in [0.1, 0.15) is 0 Å². The molecule has 2 aliphatic rings. The van der Waals surface area contributed by atoms with Crippen LogP contribution in [0.2, 0.25) is 0 Å². The molecular formula is C72H44O2. The number of benzene rings is 10. The molecule has 0 aromatic heterocycles. The van der Waals surface area contributed by atoms with Gasteiger partial charge >= 0.3 is 0 Å². The van der Waals surface area contributed by atoms with Crippen LogP contribution in [0.25, 0.3) is 55.4 Å². The first kappa shape index (κ1) is 45.0. The Morgan fingerprint density at radius 1 is 0.189 bits per heavy atom. The molecule has 0 fully saturated rings. The number of ketones is 2. The molecule has 0 unspecified atom stereocenters. The maximum atomic E-state index is 15.6. The van der Waals surface area contributed by atoms with Crippen molar-refractivity contribution < 1.29 is 9.59 Å². The number of hydrogen-bond donors (Lipinski definition) is 0. The fraction of sp³-hybridized carbons (Fsp3) is 0. The van der Waals surface area contributed by atoms with Crippen molar-refractivity contribution >= 4 is 66.9 Å². The third kappa shape index (κ3) is 8.54. The topological polar surface area (TPSA) is 34.1 Å². The average Bonchev–Trinajstić information content (AvgIpc) is 3.96. The monoisotopic (exact) mass is 940 g/mol. The van der Waals surface area contributed by atoms with Crippen molar-refractivity contribution in [2.75, 3.05) is 0 Å². The zero-order chi connectivity index (χ0) is 49.8. The minimum Gasteiger partial charge on any atom is -0.289 e. The molecule has 74 heavy (non-hydrogen) atoms. The van der Waals surface area contributed by atoms with E-state index >= 15 is 9.59 Å². The molecule has 10 aromatic carbocycles. The zero-order valence-electron chi connectivity index (χ0n) is 40.2. The van der Waals surface area contributed by atoms with Crippen LogP contribution in [0.15, 0.2) is 267 Å². The quantitative estimate of drug-likeness (QED) is 0.142. The van der Waals surface area contributed by atoms with Gasteiger partial charge in [0.2, 0.25) is 0 Å². The molecule has 2 heteroatoms. The number of carbonyl (C=O) groups excluding carboxylic acids is 2. The fourth-order valence-electron chi connectivity index (χ4n) is 10.3. The lowest BCUT2D eigenvalue weighted by molar-refractivity contribution is -0.109. The molecule has 12 rings (SSSR count). The lowest BCUT2D eigenvalue weighted by Crippen LogP contribution is -2.02. The Bertz CT molecular complexity index is 3790. The Hall–Kier alpha value is -10.1. The summed E-state index contributed by atoms with van der Waals surface area (Å²) in [5, 5.41) is 1.90. The molecule has 2 aliphatic carbocycles. The highest BCUT2D eigenvalue weighted by Gasteiger charge is 2.39. The van der Waals surface area contributed by atoms with Gasteiger partial charge in [0, 0.05) is 66.8 Å². The first-order chi connectivity index (χ1) is 36.6. The molecule has 0 atom stereocenters. The van der Waals surface area contributed by atoms with Gasteiger partial charge in [0.25, 0.3) is 0 Å². The molecule has 10 aromatic rings. The summed E-state index contributed by atoms with van der Waals surface area (Å²) in [6, 6.07) is 89.3. The average molecular weight is 941 g/mol. The van der Waals surface area contributed by atoms with Gasteiger partial charge in [0.05, 0.1) is 0 Å². The number of fused-ring (bicyclic) bond motifs is 1. The van der Waals surface area contributed by atoms with Crippen molar-refractivity contribution in [2.24, 2.45) is 0 Å². The second kappa shape index (κ2) is 19.9. The van der Waals surface area contributed by atoms with Gasteiger partial charge in [-0.3, -0.25) is 9.59 Å². The van der Waals surface area contributed by atoms with Crippen molar-refractivity contribution in [1.29, 1.82) is 0 Å². The number of carbonyl (C=O) groups is 2. The maximum absolute atomic E-state index is 15.6. The summed E-state index contributed by atoms with van der Waals surface area (Å²) in [5.41, 5.74) is 16.5. The highest BCUT2D eigenvalue weighted by atomic mass is 16.1. The smallest absolute Gasteiger partial charge is 0.195 e. The molecule has 0 saturated heterocycles. The van der Waals surface area contributed by atoms with Gasteiger partial charge in [-0.2, -0.15) is 0 Å². The molecule has 0 N–H and O–H groups in total. The second-order valence-corrected chi connectivity index (χ2v) is 18.2. The van der Waals surface area contributed by atoms with Gasteiger partial charge in [-0.25, -0.2) is 0 Å². The molecule has 0 radical (unpaired) electrons. The molecule has 0 saturated carbocycles. The summed E-state index contributed by atoms with van der Waals surface area (Å²) in [6.07, 6.45) is 0. The molecule has 2 nitrogen and oxygen atoms in total. The van der Waals surface area contributed by atoms with E-state index in [4.69, 9.17) is 0 Å². The SMILES string of the molecule is O=C1C(c2ccccc2)=C(c2ccc(C#Cc3ccccc3)cc2)C(c2ccc(C3=C(c4ccccc4)C(=O)C(c4ccccc4)=C3c3ccc(C#Cc4ccccc4)cc3)c3ccccc23)=C1c1ccccc1. The van der Waals surface area contributed by atoms with Crippen LogP contribution in [0.4, 0.5) is 0 Å². The lowest BCUT2D eigenvalue weighted by atomic mass is 9.82. The Kier molecular flexibility index (Phi) is 12.1. The van der Waals surface area contributed by atoms with Crippen molar-refractivity contribution in [3.05, 3.63) is 334 Å². The zero-order valence-corrected chi connectivity index (χ0v) is 40.2. The van der Waals surface area contributed by atoms with Crippen LogP contribution >= 0.6 is 0 Å². The summed E-state index contributed by atoms with van der Waals surface area (Å²) in [7, 11) is 0. The third-order valence-corrected chi connectivity index (χ3v) is 13.7. The van der Waals surface area contributed by atoms with E-state index in [9.17, 15) is 0 Å². The van der Waals surface area contributed by atoms with Crippen molar-refractivity contribution in [3.8, 4) is 23.7 Å². The fourth-order valence-corrected chi connectivity index (χ4v) is 10.3. The summed E-state index contributed by atoms with van der Waals surface area (Å²) >= 11 is 0. The maximum Gasteiger partial charge on any atom is 0.195 e. The molecule has 0 heterocycles. The molecule has 0 spiro atoms. The van der Waals surface area contributed by atoms with Crippen LogP contribution in [0.1, 0.15) is 66.8 Å². The Morgan fingerprint density at radius 2 is 0.419 bits per heavy atom. The molecule has 0 aliphatic heterocycles. The van der Waals surface area contributed by atoms with Crippen molar-refractivity contribution in [3.63, 3.8) is 0 Å². The highest BCUT2D eigenvalue weighted by molar-refractivity contribution is 6.61. The normalized spacial score (nSPS) is 13.3. The predicted octanol–water partition coefficient (Wildman–Crippen LogP) is 15.8. The molecule has 0 amide bonds. The van der Waals surface area contributed by atoms with Crippen LogP contribution in [-0.4, -0.2) is 11.6 Å². The number of hydrogen-bond acceptors (Lipinski definition) is 2. The first-order valence-corrected chi connectivity index (χ1v) is 24.8. The number of rotatable bonds is 8. The minimum atomic E-state index is -0.0430. The van der Waals surface area contributed by atoms with Crippen LogP contribution in [0.5, 0.6) is 0 Å². The van der Waals surface area contributed by atoms with Crippen LogP contribution in [0, 0.1) is 23.7 Å². The van der Waals surface area contributed by atoms with Crippen LogP contribution in [-0.2, 0) is 9.59 Å². The Morgan fingerprint density at radius 3 is 0.716 bits per heavy atom. The summed E-state index contributed by atoms with van der Waals surface area (Å²) in [5.74, 6) is 13.2. The second-order valence-electron chi connectivity index (χ2n) is 18.2.